The summed E-state index contributed by atoms with van der Waals surface area (Å²) in [5, 5.41) is 20.2. The van der Waals surface area contributed by atoms with Gasteiger partial charge in [0.2, 0.25) is 0 Å². The molecule has 5 nitrogen and oxygen atoms in total. The summed E-state index contributed by atoms with van der Waals surface area (Å²) in [7, 11) is 0. The third-order valence-electron chi connectivity index (χ3n) is 4.38. The van der Waals surface area contributed by atoms with Crippen LogP contribution >= 0.6 is 12.6 Å². The smallest absolute Gasteiger partial charge is 0.129 e. The van der Waals surface area contributed by atoms with Gasteiger partial charge in [-0.1, -0.05) is 60.7 Å². The van der Waals surface area contributed by atoms with Crippen molar-refractivity contribution in [2.45, 2.75) is 43.1 Å². The van der Waals surface area contributed by atoms with E-state index < -0.39 is 29.9 Å². The Kier molecular flexibility index (Phi) is 7.07. The van der Waals surface area contributed by atoms with Crippen molar-refractivity contribution in [1.29, 1.82) is 0 Å². The lowest BCUT2D eigenvalue weighted by Crippen LogP contribution is -2.58. The standard InChI is InChI=1S/C20H24O5S/c21-11-16-18(23-12-14-7-3-1-4-8-14)19(17(22)20(26)25-16)24-13-15-9-5-2-6-10-15/h1-10,16-22,26H,11-13H2/t16-,17-,18-,19-,20-/m1/s1. The van der Waals surface area contributed by atoms with E-state index in [0.717, 1.165) is 11.1 Å². The molecule has 0 saturated carbocycles. The van der Waals surface area contributed by atoms with Crippen LogP contribution in [0.3, 0.4) is 0 Å². The zero-order chi connectivity index (χ0) is 18.4. The van der Waals surface area contributed by atoms with Crippen LogP contribution in [0.25, 0.3) is 0 Å². The van der Waals surface area contributed by atoms with E-state index in [9.17, 15) is 10.2 Å². The molecule has 3 rings (SSSR count). The minimum atomic E-state index is -0.967. The number of aliphatic hydroxyl groups excluding tert-OH is 2. The zero-order valence-electron chi connectivity index (χ0n) is 14.3. The molecule has 0 amide bonds. The molecule has 1 aliphatic rings. The predicted molar refractivity (Wildman–Crippen MR) is 101 cm³/mol. The maximum atomic E-state index is 10.5. The molecule has 140 valence electrons. The highest BCUT2D eigenvalue weighted by Gasteiger charge is 2.45. The fraction of sp³-hybridized carbons (Fsp3) is 0.400. The summed E-state index contributed by atoms with van der Waals surface area (Å²) >= 11 is 4.27. The average molecular weight is 376 g/mol. The Hall–Kier alpha value is -1.41. The summed E-state index contributed by atoms with van der Waals surface area (Å²) in [6.45, 7) is 0.418. The predicted octanol–water partition coefficient (Wildman–Crippen LogP) is 2.17. The van der Waals surface area contributed by atoms with Crippen molar-refractivity contribution in [3.63, 3.8) is 0 Å². The van der Waals surface area contributed by atoms with E-state index in [1.165, 1.54) is 0 Å². The number of ether oxygens (including phenoxy) is 3. The number of aliphatic hydroxyl groups is 2. The van der Waals surface area contributed by atoms with E-state index in [0.29, 0.717) is 13.2 Å². The molecule has 0 radical (unpaired) electrons. The normalized spacial score (nSPS) is 28.8. The van der Waals surface area contributed by atoms with Gasteiger partial charge in [-0.05, 0) is 11.1 Å². The first-order valence-electron chi connectivity index (χ1n) is 8.62. The van der Waals surface area contributed by atoms with Crippen molar-refractivity contribution in [2.24, 2.45) is 0 Å². The fourth-order valence-electron chi connectivity index (χ4n) is 2.98. The molecular formula is C20H24O5S. The second-order valence-corrected chi connectivity index (χ2v) is 6.77. The van der Waals surface area contributed by atoms with Crippen LogP contribution < -0.4 is 0 Å². The van der Waals surface area contributed by atoms with Crippen molar-refractivity contribution in [1.82, 2.24) is 0 Å². The van der Waals surface area contributed by atoms with Crippen LogP contribution in [0.5, 0.6) is 0 Å². The first-order chi connectivity index (χ1) is 12.7. The molecule has 0 aromatic heterocycles. The summed E-state index contributed by atoms with van der Waals surface area (Å²) in [5.41, 5.74) is 1.24. The van der Waals surface area contributed by atoms with Crippen molar-refractivity contribution in [2.75, 3.05) is 6.61 Å². The van der Waals surface area contributed by atoms with Crippen LogP contribution in [0.2, 0.25) is 0 Å². The first-order valence-corrected chi connectivity index (χ1v) is 9.14. The summed E-state index contributed by atoms with van der Waals surface area (Å²) in [4.78, 5) is 0. The van der Waals surface area contributed by atoms with Gasteiger partial charge in [0.1, 0.15) is 29.9 Å². The molecular weight excluding hydrogens is 352 g/mol. The molecule has 0 bridgehead atoms. The van der Waals surface area contributed by atoms with Crippen LogP contribution in [0.4, 0.5) is 0 Å². The summed E-state index contributed by atoms with van der Waals surface area (Å²) in [6, 6.07) is 19.4. The van der Waals surface area contributed by atoms with Crippen LogP contribution in [-0.4, -0.2) is 46.7 Å². The van der Waals surface area contributed by atoms with Gasteiger partial charge in [-0.3, -0.25) is 0 Å². The maximum absolute atomic E-state index is 10.5. The molecule has 2 aromatic rings. The molecule has 0 aliphatic carbocycles. The Labute approximate surface area is 158 Å². The zero-order valence-corrected chi connectivity index (χ0v) is 15.2. The molecule has 1 aliphatic heterocycles. The van der Waals surface area contributed by atoms with Crippen molar-refractivity contribution < 1.29 is 24.4 Å². The highest BCUT2D eigenvalue weighted by atomic mass is 32.1. The Morgan fingerprint density at radius 2 is 1.35 bits per heavy atom. The molecule has 26 heavy (non-hydrogen) atoms. The minimum Gasteiger partial charge on any atom is -0.394 e. The van der Waals surface area contributed by atoms with E-state index in [2.05, 4.69) is 12.6 Å². The number of benzene rings is 2. The van der Waals surface area contributed by atoms with Crippen molar-refractivity contribution in [3.05, 3.63) is 71.8 Å². The second kappa shape index (κ2) is 9.50. The van der Waals surface area contributed by atoms with Crippen LogP contribution in [0.15, 0.2) is 60.7 Å². The Morgan fingerprint density at radius 3 is 1.85 bits per heavy atom. The van der Waals surface area contributed by atoms with Crippen LogP contribution in [0, 0.1) is 0 Å². The highest BCUT2D eigenvalue weighted by Crippen LogP contribution is 2.29. The Morgan fingerprint density at radius 1 is 0.846 bits per heavy atom. The minimum absolute atomic E-state index is 0.242. The quantitative estimate of drug-likeness (QED) is 0.646. The van der Waals surface area contributed by atoms with Crippen molar-refractivity contribution in [3.8, 4) is 0 Å². The lowest BCUT2D eigenvalue weighted by Gasteiger charge is -2.42. The monoisotopic (exact) mass is 376 g/mol. The Bertz CT molecular complexity index is 610. The molecule has 5 atom stereocenters. The van der Waals surface area contributed by atoms with Crippen LogP contribution in [0.1, 0.15) is 11.1 Å². The van der Waals surface area contributed by atoms with Gasteiger partial charge in [-0.2, -0.15) is 0 Å². The summed E-state index contributed by atoms with van der Waals surface area (Å²) in [6.07, 6.45) is -2.86. The molecule has 0 spiro atoms. The van der Waals surface area contributed by atoms with E-state index >= 15 is 0 Å². The van der Waals surface area contributed by atoms with Gasteiger partial charge in [0.05, 0.1) is 19.8 Å². The molecule has 2 aromatic carbocycles. The number of thiol groups is 1. The van der Waals surface area contributed by atoms with E-state index in [1.54, 1.807) is 0 Å². The van der Waals surface area contributed by atoms with E-state index in [1.807, 2.05) is 60.7 Å². The van der Waals surface area contributed by atoms with Gasteiger partial charge in [0, 0.05) is 0 Å². The number of rotatable bonds is 7. The third-order valence-corrected chi connectivity index (χ3v) is 4.81. The molecule has 1 saturated heterocycles. The Balaban J connectivity index is 1.71. The molecule has 6 heteroatoms. The molecule has 1 heterocycles. The SMILES string of the molecule is OC[C@H]1O[C@H](S)[C@H](O)[C@@H](OCc2ccccc2)[C@@H]1OCc1ccccc1. The lowest BCUT2D eigenvalue weighted by molar-refractivity contribution is -0.239. The molecule has 2 N–H and O–H groups in total. The van der Waals surface area contributed by atoms with Gasteiger partial charge in [0.25, 0.3) is 0 Å². The summed E-state index contributed by atoms with van der Waals surface area (Å²) < 4.78 is 17.5. The summed E-state index contributed by atoms with van der Waals surface area (Å²) in [5.74, 6) is 0. The number of hydrogen-bond donors (Lipinski definition) is 3. The first kappa shape index (κ1) is 19.4. The van der Waals surface area contributed by atoms with Gasteiger partial charge >= 0.3 is 0 Å². The maximum Gasteiger partial charge on any atom is 0.129 e. The highest BCUT2D eigenvalue weighted by molar-refractivity contribution is 7.80. The van der Waals surface area contributed by atoms with Gasteiger partial charge in [-0.25, -0.2) is 0 Å². The van der Waals surface area contributed by atoms with E-state index in [4.69, 9.17) is 14.2 Å². The fourth-order valence-corrected chi connectivity index (χ4v) is 3.31. The molecule has 0 unspecified atom stereocenters. The van der Waals surface area contributed by atoms with Crippen molar-refractivity contribution >= 4 is 12.6 Å². The third kappa shape index (κ3) is 4.85. The van der Waals surface area contributed by atoms with Gasteiger partial charge in [0.15, 0.2) is 0 Å². The van der Waals surface area contributed by atoms with Crippen LogP contribution in [-0.2, 0) is 27.4 Å². The average Bonchev–Trinajstić information content (AvgIpc) is 2.69. The lowest BCUT2D eigenvalue weighted by atomic mass is 9.99. The van der Waals surface area contributed by atoms with E-state index in [-0.39, 0.29) is 6.61 Å². The largest absolute Gasteiger partial charge is 0.394 e. The molecule has 1 fully saturated rings. The second-order valence-electron chi connectivity index (χ2n) is 6.26. The number of hydrogen-bond acceptors (Lipinski definition) is 6. The topological polar surface area (TPSA) is 68.2 Å². The van der Waals surface area contributed by atoms with Gasteiger partial charge < -0.3 is 24.4 Å². The van der Waals surface area contributed by atoms with Gasteiger partial charge in [-0.15, -0.1) is 12.6 Å².